The van der Waals surface area contributed by atoms with Gasteiger partial charge in [0, 0.05) is 21.8 Å². The Hall–Kier alpha value is -4.04. The number of nitrogens with one attached hydrogen (secondary N) is 3. The van der Waals surface area contributed by atoms with Crippen LogP contribution in [0.4, 0.5) is 10.5 Å². The fourth-order valence-corrected chi connectivity index (χ4v) is 2.86. The molecule has 0 fully saturated rings. The van der Waals surface area contributed by atoms with Crippen LogP contribution in [0.15, 0.2) is 72.8 Å². The zero-order valence-corrected chi connectivity index (χ0v) is 18.5. The average molecular weight is 468 g/mol. The first kappa shape index (κ1) is 23.6. The Morgan fingerprint density at radius 1 is 0.848 bits per heavy atom. The Morgan fingerprint density at radius 2 is 1.52 bits per heavy atom. The molecule has 3 amide bonds. The van der Waals surface area contributed by atoms with Crippen molar-refractivity contribution in [1.82, 2.24) is 10.9 Å². The molecular formula is C24H22ClN3O5. The SMILES string of the molecule is CCOC(=O)Nc1cccc(C(=O)NNC(=O)c2ccc(COc3ccc(Cl)cc3)cc2)c1. The Balaban J connectivity index is 1.50. The van der Waals surface area contributed by atoms with E-state index in [0.29, 0.717) is 28.6 Å². The number of hydrogen-bond acceptors (Lipinski definition) is 5. The van der Waals surface area contributed by atoms with E-state index in [4.69, 9.17) is 21.1 Å². The molecule has 3 aromatic carbocycles. The van der Waals surface area contributed by atoms with Crippen molar-refractivity contribution in [3.8, 4) is 5.75 Å². The van der Waals surface area contributed by atoms with Crippen LogP contribution in [0, 0.1) is 0 Å². The summed E-state index contributed by atoms with van der Waals surface area (Å²) in [5.41, 5.74) is 6.59. The van der Waals surface area contributed by atoms with E-state index < -0.39 is 17.9 Å². The van der Waals surface area contributed by atoms with Crippen LogP contribution in [0.5, 0.6) is 5.75 Å². The maximum atomic E-state index is 12.3. The number of hydrazine groups is 1. The molecule has 0 saturated heterocycles. The van der Waals surface area contributed by atoms with Crippen LogP contribution in [0.25, 0.3) is 0 Å². The molecule has 0 unspecified atom stereocenters. The van der Waals surface area contributed by atoms with E-state index in [1.807, 2.05) is 0 Å². The van der Waals surface area contributed by atoms with Gasteiger partial charge >= 0.3 is 6.09 Å². The molecule has 0 aliphatic rings. The predicted molar refractivity (Wildman–Crippen MR) is 124 cm³/mol. The molecule has 0 bridgehead atoms. The van der Waals surface area contributed by atoms with Crippen molar-refractivity contribution >= 4 is 35.2 Å². The van der Waals surface area contributed by atoms with Crippen LogP contribution in [0.2, 0.25) is 5.02 Å². The van der Waals surface area contributed by atoms with Gasteiger partial charge in [-0.25, -0.2) is 4.79 Å². The van der Waals surface area contributed by atoms with Crippen LogP contribution >= 0.6 is 11.6 Å². The minimum absolute atomic E-state index is 0.231. The molecule has 0 heterocycles. The first-order valence-corrected chi connectivity index (χ1v) is 10.4. The zero-order valence-electron chi connectivity index (χ0n) is 17.8. The van der Waals surface area contributed by atoms with Crippen LogP contribution in [-0.4, -0.2) is 24.5 Å². The standard InChI is InChI=1S/C24H22ClN3O5/c1-2-32-24(31)26-20-5-3-4-18(14-20)23(30)28-27-22(29)17-8-6-16(7-9-17)15-33-21-12-10-19(25)11-13-21/h3-14H,2,15H2,1H3,(H,26,31)(H,27,29)(H,28,30). The van der Waals surface area contributed by atoms with Gasteiger partial charge in [-0.05, 0) is 67.1 Å². The lowest BCUT2D eigenvalue weighted by Crippen LogP contribution is -2.41. The average Bonchev–Trinajstić information content (AvgIpc) is 2.82. The fraction of sp³-hybridized carbons (Fsp3) is 0.125. The highest BCUT2D eigenvalue weighted by Gasteiger charge is 2.11. The highest BCUT2D eigenvalue weighted by Crippen LogP contribution is 2.17. The van der Waals surface area contributed by atoms with Crippen molar-refractivity contribution in [3.63, 3.8) is 0 Å². The third kappa shape index (κ3) is 7.26. The lowest BCUT2D eigenvalue weighted by atomic mass is 10.1. The quantitative estimate of drug-likeness (QED) is 0.441. The summed E-state index contributed by atoms with van der Waals surface area (Å²) < 4.78 is 10.5. The fourth-order valence-electron chi connectivity index (χ4n) is 2.73. The van der Waals surface area contributed by atoms with E-state index in [-0.39, 0.29) is 12.2 Å². The van der Waals surface area contributed by atoms with E-state index >= 15 is 0 Å². The Kier molecular flexibility index (Phi) is 8.26. The highest BCUT2D eigenvalue weighted by molar-refractivity contribution is 6.30. The minimum Gasteiger partial charge on any atom is -0.489 e. The highest BCUT2D eigenvalue weighted by atomic mass is 35.5. The molecule has 170 valence electrons. The lowest BCUT2D eigenvalue weighted by molar-refractivity contribution is 0.0846. The number of anilines is 1. The number of carbonyl (C=O) groups excluding carboxylic acids is 3. The summed E-state index contributed by atoms with van der Waals surface area (Å²) in [6.45, 7) is 2.25. The van der Waals surface area contributed by atoms with Crippen molar-refractivity contribution in [2.24, 2.45) is 0 Å². The van der Waals surface area contributed by atoms with Gasteiger partial charge in [-0.2, -0.15) is 0 Å². The molecule has 8 nitrogen and oxygen atoms in total. The molecule has 0 spiro atoms. The molecule has 0 atom stereocenters. The number of ether oxygens (including phenoxy) is 2. The molecule has 0 radical (unpaired) electrons. The predicted octanol–water partition coefficient (Wildman–Crippen LogP) is 4.56. The summed E-state index contributed by atoms with van der Waals surface area (Å²) in [5, 5.41) is 3.14. The molecule has 3 rings (SSSR count). The van der Waals surface area contributed by atoms with Crippen molar-refractivity contribution in [3.05, 3.63) is 94.5 Å². The van der Waals surface area contributed by atoms with Gasteiger partial charge < -0.3 is 9.47 Å². The van der Waals surface area contributed by atoms with Gasteiger partial charge in [-0.1, -0.05) is 29.8 Å². The normalized spacial score (nSPS) is 10.1. The van der Waals surface area contributed by atoms with E-state index in [1.54, 1.807) is 73.7 Å². The molecule has 9 heteroatoms. The smallest absolute Gasteiger partial charge is 0.411 e. The Bertz CT molecular complexity index is 1120. The summed E-state index contributed by atoms with van der Waals surface area (Å²) in [6, 6.07) is 20.0. The van der Waals surface area contributed by atoms with Gasteiger partial charge in [0.1, 0.15) is 12.4 Å². The van der Waals surface area contributed by atoms with Gasteiger partial charge in [-0.3, -0.25) is 25.8 Å². The van der Waals surface area contributed by atoms with Crippen molar-refractivity contribution < 1.29 is 23.9 Å². The summed E-state index contributed by atoms with van der Waals surface area (Å²) >= 11 is 5.85. The second kappa shape index (κ2) is 11.5. The monoisotopic (exact) mass is 467 g/mol. The van der Waals surface area contributed by atoms with Gasteiger partial charge in [0.15, 0.2) is 0 Å². The second-order valence-corrected chi connectivity index (χ2v) is 7.21. The molecule has 0 aromatic heterocycles. The number of hydrogen-bond donors (Lipinski definition) is 3. The number of halogens is 1. The third-order valence-corrected chi connectivity index (χ3v) is 4.62. The molecule has 3 aromatic rings. The van der Waals surface area contributed by atoms with Crippen LogP contribution in [0.1, 0.15) is 33.2 Å². The van der Waals surface area contributed by atoms with Crippen LogP contribution in [0.3, 0.4) is 0 Å². The Labute approximate surface area is 195 Å². The molecule has 0 aliphatic carbocycles. The van der Waals surface area contributed by atoms with Gasteiger partial charge in [0.25, 0.3) is 11.8 Å². The molecule has 0 saturated carbocycles. The van der Waals surface area contributed by atoms with Gasteiger partial charge in [0.05, 0.1) is 6.61 Å². The largest absolute Gasteiger partial charge is 0.489 e. The van der Waals surface area contributed by atoms with Crippen LogP contribution < -0.4 is 20.9 Å². The summed E-state index contributed by atoms with van der Waals surface area (Å²) in [7, 11) is 0. The number of carbonyl (C=O) groups is 3. The van der Waals surface area contributed by atoms with E-state index in [0.717, 1.165) is 5.56 Å². The van der Waals surface area contributed by atoms with E-state index in [9.17, 15) is 14.4 Å². The first-order chi connectivity index (χ1) is 15.9. The number of rotatable bonds is 7. The molecule has 33 heavy (non-hydrogen) atoms. The van der Waals surface area contributed by atoms with Gasteiger partial charge in [0.2, 0.25) is 0 Å². The maximum Gasteiger partial charge on any atom is 0.411 e. The van der Waals surface area contributed by atoms with Crippen molar-refractivity contribution in [1.29, 1.82) is 0 Å². The maximum absolute atomic E-state index is 12.3. The van der Waals surface area contributed by atoms with Crippen LogP contribution in [-0.2, 0) is 11.3 Å². The van der Waals surface area contributed by atoms with Crippen molar-refractivity contribution in [2.45, 2.75) is 13.5 Å². The van der Waals surface area contributed by atoms with E-state index in [1.165, 1.54) is 6.07 Å². The minimum atomic E-state index is -0.620. The number of amides is 3. The van der Waals surface area contributed by atoms with Gasteiger partial charge in [-0.15, -0.1) is 0 Å². The van der Waals surface area contributed by atoms with E-state index in [2.05, 4.69) is 16.2 Å². The topological polar surface area (TPSA) is 106 Å². The third-order valence-electron chi connectivity index (χ3n) is 4.37. The first-order valence-electron chi connectivity index (χ1n) is 10.1. The zero-order chi connectivity index (χ0) is 23.6. The Morgan fingerprint density at radius 3 is 2.18 bits per heavy atom. The molecular weight excluding hydrogens is 446 g/mol. The lowest BCUT2D eigenvalue weighted by Gasteiger charge is -2.10. The molecule has 3 N–H and O–H groups in total. The molecule has 0 aliphatic heterocycles. The summed E-state index contributed by atoms with van der Waals surface area (Å²) in [6.07, 6.45) is -0.620. The summed E-state index contributed by atoms with van der Waals surface area (Å²) in [4.78, 5) is 36.2. The van der Waals surface area contributed by atoms with Crippen molar-refractivity contribution in [2.75, 3.05) is 11.9 Å². The summed E-state index contributed by atoms with van der Waals surface area (Å²) in [5.74, 6) is -0.330. The second-order valence-electron chi connectivity index (χ2n) is 6.77. The number of benzene rings is 3.